The molecular weight excluding hydrogens is 238 g/mol. The van der Waals surface area contributed by atoms with E-state index in [0.29, 0.717) is 0 Å². The van der Waals surface area contributed by atoms with Gasteiger partial charge in [0.25, 0.3) is 0 Å². The SMILES string of the molecule is CCNc1ccc(-c2c(C)cc(C)cc2OC)nn1. The number of hydrogen-bond donors (Lipinski definition) is 1. The van der Waals surface area contributed by atoms with Crippen LogP contribution in [-0.4, -0.2) is 23.9 Å². The highest BCUT2D eigenvalue weighted by molar-refractivity contribution is 5.71. The van der Waals surface area contributed by atoms with Gasteiger partial charge >= 0.3 is 0 Å². The van der Waals surface area contributed by atoms with E-state index < -0.39 is 0 Å². The third-order valence-electron chi connectivity index (χ3n) is 2.94. The standard InChI is InChI=1S/C15H19N3O/c1-5-16-14-7-6-12(17-18-14)15-11(3)8-10(2)9-13(15)19-4/h6-9H,5H2,1-4H3,(H,16,18). The summed E-state index contributed by atoms with van der Waals surface area (Å²) in [5.41, 5.74) is 4.15. The minimum atomic E-state index is 0.787. The van der Waals surface area contributed by atoms with Gasteiger partial charge in [-0.3, -0.25) is 0 Å². The fraction of sp³-hybridized carbons (Fsp3) is 0.333. The molecule has 4 nitrogen and oxygen atoms in total. The molecule has 0 atom stereocenters. The number of hydrogen-bond acceptors (Lipinski definition) is 4. The lowest BCUT2D eigenvalue weighted by atomic mass is 10.0. The molecule has 1 aromatic carbocycles. The second-order valence-electron chi connectivity index (χ2n) is 4.49. The van der Waals surface area contributed by atoms with Crippen LogP contribution in [0.2, 0.25) is 0 Å². The van der Waals surface area contributed by atoms with Crippen LogP contribution < -0.4 is 10.1 Å². The summed E-state index contributed by atoms with van der Waals surface area (Å²) in [6.45, 7) is 6.98. The Kier molecular flexibility index (Phi) is 4.00. The first-order chi connectivity index (χ1) is 9.15. The number of nitrogens with zero attached hydrogens (tertiary/aromatic N) is 2. The second-order valence-corrected chi connectivity index (χ2v) is 4.49. The number of aryl methyl sites for hydroxylation is 2. The van der Waals surface area contributed by atoms with Crippen LogP contribution >= 0.6 is 0 Å². The molecule has 0 fully saturated rings. The topological polar surface area (TPSA) is 47.0 Å². The van der Waals surface area contributed by atoms with Crippen LogP contribution in [0.4, 0.5) is 5.82 Å². The molecule has 0 aliphatic carbocycles. The molecule has 2 aromatic rings. The lowest BCUT2D eigenvalue weighted by molar-refractivity contribution is 0.415. The van der Waals surface area contributed by atoms with Gasteiger partial charge in [0.05, 0.1) is 12.8 Å². The van der Waals surface area contributed by atoms with E-state index in [4.69, 9.17) is 4.74 Å². The number of anilines is 1. The average molecular weight is 257 g/mol. The van der Waals surface area contributed by atoms with E-state index in [2.05, 4.69) is 35.4 Å². The van der Waals surface area contributed by atoms with E-state index in [1.165, 1.54) is 5.56 Å². The molecule has 0 aliphatic heterocycles. The van der Waals surface area contributed by atoms with Crippen LogP contribution in [0, 0.1) is 13.8 Å². The van der Waals surface area contributed by atoms with Crippen molar-refractivity contribution in [1.29, 1.82) is 0 Å². The summed E-state index contributed by atoms with van der Waals surface area (Å²) in [5.74, 6) is 1.62. The Labute approximate surface area is 113 Å². The lowest BCUT2D eigenvalue weighted by Crippen LogP contribution is -2.01. The fourth-order valence-electron chi connectivity index (χ4n) is 2.16. The van der Waals surface area contributed by atoms with Crippen molar-refractivity contribution in [2.75, 3.05) is 19.0 Å². The highest BCUT2D eigenvalue weighted by Gasteiger charge is 2.12. The van der Waals surface area contributed by atoms with Crippen LogP contribution in [0.3, 0.4) is 0 Å². The Morgan fingerprint density at radius 1 is 1.16 bits per heavy atom. The number of methoxy groups -OCH3 is 1. The van der Waals surface area contributed by atoms with Gasteiger partial charge in [-0.05, 0) is 50.1 Å². The molecule has 2 rings (SSSR count). The quantitative estimate of drug-likeness (QED) is 0.913. The second kappa shape index (κ2) is 5.69. The molecule has 19 heavy (non-hydrogen) atoms. The number of rotatable bonds is 4. The van der Waals surface area contributed by atoms with Crippen LogP contribution in [0.1, 0.15) is 18.1 Å². The van der Waals surface area contributed by atoms with Crippen LogP contribution in [-0.2, 0) is 0 Å². The predicted octanol–water partition coefficient (Wildman–Crippen LogP) is 3.20. The Morgan fingerprint density at radius 2 is 1.95 bits per heavy atom. The number of benzene rings is 1. The van der Waals surface area contributed by atoms with Crippen LogP contribution in [0.25, 0.3) is 11.3 Å². The van der Waals surface area contributed by atoms with E-state index in [0.717, 1.165) is 34.9 Å². The van der Waals surface area contributed by atoms with Crippen molar-refractivity contribution >= 4 is 5.82 Å². The normalized spacial score (nSPS) is 10.3. The van der Waals surface area contributed by atoms with Gasteiger partial charge in [-0.15, -0.1) is 10.2 Å². The Hall–Kier alpha value is -2.10. The minimum absolute atomic E-state index is 0.787. The molecule has 1 N–H and O–H groups in total. The molecule has 0 bridgehead atoms. The molecule has 1 heterocycles. The van der Waals surface area contributed by atoms with Crippen molar-refractivity contribution in [3.63, 3.8) is 0 Å². The molecule has 0 spiro atoms. The third-order valence-corrected chi connectivity index (χ3v) is 2.94. The average Bonchev–Trinajstić information content (AvgIpc) is 2.39. The molecule has 100 valence electrons. The van der Waals surface area contributed by atoms with Crippen molar-refractivity contribution < 1.29 is 4.74 Å². The van der Waals surface area contributed by atoms with Gasteiger partial charge in [-0.1, -0.05) is 6.07 Å². The number of aromatic nitrogens is 2. The fourth-order valence-corrected chi connectivity index (χ4v) is 2.16. The largest absolute Gasteiger partial charge is 0.496 e. The molecule has 0 radical (unpaired) electrons. The van der Waals surface area contributed by atoms with Crippen molar-refractivity contribution in [1.82, 2.24) is 10.2 Å². The Morgan fingerprint density at radius 3 is 2.53 bits per heavy atom. The monoisotopic (exact) mass is 257 g/mol. The number of ether oxygens (including phenoxy) is 1. The van der Waals surface area contributed by atoms with Gasteiger partial charge in [0, 0.05) is 12.1 Å². The van der Waals surface area contributed by atoms with Crippen molar-refractivity contribution in [3.8, 4) is 17.0 Å². The minimum Gasteiger partial charge on any atom is -0.496 e. The maximum Gasteiger partial charge on any atom is 0.148 e. The van der Waals surface area contributed by atoms with Crippen molar-refractivity contribution in [2.24, 2.45) is 0 Å². The summed E-state index contributed by atoms with van der Waals surface area (Å²) in [6.07, 6.45) is 0. The number of nitrogens with one attached hydrogen (secondary N) is 1. The lowest BCUT2D eigenvalue weighted by Gasteiger charge is -2.12. The van der Waals surface area contributed by atoms with Gasteiger partial charge < -0.3 is 10.1 Å². The first-order valence-electron chi connectivity index (χ1n) is 6.39. The first-order valence-corrected chi connectivity index (χ1v) is 6.39. The maximum absolute atomic E-state index is 5.46. The van der Waals surface area contributed by atoms with Gasteiger partial charge in [0.2, 0.25) is 0 Å². The summed E-state index contributed by atoms with van der Waals surface area (Å²) in [4.78, 5) is 0. The molecule has 0 unspecified atom stereocenters. The summed E-state index contributed by atoms with van der Waals surface area (Å²) in [7, 11) is 1.68. The van der Waals surface area contributed by atoms with E-state index in [1.807, 2.05) is 25.1 Å². The van der Waals surface area contributed by atoms with E-state index in [1.54, 1.807) is 7.11 Å². The molecule has 0 aliphatic rings. The van der Waals surface area contributed by atoms with Gasteiger partial charge in [0.15, 0.2) is 0 Å². The summed E-state index contributed by atoms with van der Waals surface area (Å²) in [5, 5.41) is 11.6. The molecule has 0 amide bonds. The summed E-state index contributed by atoms with van der Waals surface area (Å²) in [6, 6.07) is 8.04. The van der Waals surface area contributed by atoms with Gasteiger partial charge in [-0.2, -0.15) is 0 Å². The summed E-state index contributed by atoms with van der Waals surface area (Å²) >= 11 is 0. The van der Waals surface area contributed by atoms with Crippen molar-refractivity contribution in [2.45, 2.75) is 20.8 Å². The van der Waals surface area contributed by atoms with Crippen LogP contribution in [0.15, 0.2) is 24.3 Å². The van der Waals surface area contributed by atoms with Gasteiger partial charge in [-0.25, -0.2) is 0 Å². The van der Waals surface area contributed by atoms with E-state index in [9.17, 15) is 0 Å². The van der Waals surface area contributed by atoms with Crippen LogP contribution in [0.5, 0.6) is 5.75 Å². The van der Waals surface area contributed by atoms with E-state index in [-0.39, 0.29) is 0 Å². The zero-order valence-electron chi connectivity index (χ0n) is 11.8. The van der Waals surface area contributed by atoms with E-state index >= 15 is 0 Å². The predicted molar refractivity (Wildman–Crippen MR) is 77.7 cm³/mol. The maximum atomic E-state index is 5.46. The molecule has 0 saturated heterocycles. The molecular formula is C15H19N3O. The molecule has 4 heteroatoms. The third kappa shape index (κ3) is 2.84. The smallest absolute Gasteiger partial charge is 0.148 e. The first kappa shape index (κ1) is 13.3. The highest BCUT2D eigenvalue weighted by Crippen LogP contribution is 2.32. The molecule has 1 aromatic heterocycles. The summed E-state index contributed by atoms with van der Waals surface area (Å²) < 4.78 is 5.46. The van der Waals surface area contributed by atoms with Gasteiger partial charge in [0.1, 0.15) is 11.6 Å². The Bertz CT molecular complexity index is 564. The zero-order valence-corrected chi connectivity index (χ0v) is 11.8. The Balaban J connectivity index is 2.46. The zero-order chi connectivity index (χ0) is 13.8. The highest BCUT2D eigenvalue weighted by atomic mass is 16.5. The van der Waals surface area contributed by atoms with Crippen molar-refractivity contribution in [3.05, 3.63) is 35.4 Å². The molecule has 0 saturated carbocycles.